The molecular weight excluding hydrogens is 164 g/mol. The summed E-state index contributed by atoms with van der Waals surface area (Å²) in [4.78, 5) is 0. The van der Waals surface area contributed by atoms with Crippen LogP contribution in [0.4, 0.5) is 0 Å². The summed E-state index contributed by atoms with van der Waals surface area (Å²) in [6.45, 7) is 0.848. The third kappa shape index (κ3) is 2.06. The zero-order chi connectivity index (χ0) is 9.10. The van der Waals surface area contributed by atoms with E-state index in [1.807, 2.05) is 11.6 Å². The van der Waals surface area contributed by atoms with Gasteiger partial charge in [0.15, 0.2) is 0 Å². The lowest BCUT2D eigenvalue weighted by Gasteiger charge is -2.10. The third-order valence-corrected chi connectivity index (χ3v) is 2.71. The summed E-state index contributed by atoms with van der Waals surface area (Å²) in [5, 5.41) is 11.4. The first kappa shape index (κ1) is 8.69. The molecular formula is C9H16N4. The highest BCUT2D eigenvalue weighted by Crippen LogP contribution is 2.17. The highest BCUT2D eigenvalue weighted by atomic mass is 15.3. The van der Waals surface area contributed by atoms with Crippen LogP contribution in [0.5, 0.6) is 0 Å². The van der Waals surface area contributed by atoms with E-state index in [4.69, 9.17) is 0 Å². The molecule has 4 heteroatoms. The molecule has 1 saturated carbocycles. The number of hydrogen-bond acceptors (Lipinski definition) is 3. The van der Waals surface area contributed by atoms with Crippen molar-refractivity contribution in [1.29, 1.82) is 0 Å². The zero-order valence-electron chi connectivity index (χ0n) is 8.03. The lowest BCUT2D eigenvalue weighted by molar-refractivity contribution is 0.506. The molecule has 0 aliphatic heterocycles. The fourth-order valence-corrected chi connectivity index (χ4v) is 1.83. The van der Waals surface area contributed by atoms with Crippen LogP contribution < -0.4 is 5.32 Å². The number of nitrogens with zero attached hydrogens (tertiary/aromatic N) is 3. The Kier molecular flexibility index (Phi) is 2.59. The Morgan fingerprint density at radius 1 is 1.54 bits per heavy atom. The van der Waals surface area contributed by atoms with Crippen molar-refractivity contribution in [3.63, 3.8) is 0 Å². The average Bonchev–Trinajstić information content (AvgIpc) is 2.72. The van der Waals surface area contributed by atoms with Crippen molar-refractivity contribution < 1.29 is 0 Å². The summed E-state index contributed by atoms with van der Waals surface area (Å²) in [6, 6.07) is 0.705. The van der Waals surface area contributed by atoms with Crippen molar-refractivity contribution in [2.24, 2.45) is 7.05 Å². The Balaban J connectivity index is 1.82. The molecule has 0 radical (unpaired) electrons. The van der Waals surface area contributed by atoms with Crippen LogP contribution in [-0.2, 0) is 13.6 Å². The van der Waals surface area contributed by atoms with Gasteiger partial charge in [-0.25, -0.2) is 0 Å². The van der Waals surface area contributed by atoms with Crippen LogP contribution >= 0.6 is 0 Å². The second kappa shape index (κ2) is 3.87. The van der Waals surface area contributed by atoms with Crippen molar-refractivity contribution in [2.75, 3.05) is 0 Å². The normalized spacial score (nSPS) is 18.2. The van der Waals surface area contributed by atoms with E-state index < -0.39 is 0 Å². The second-order valence-corrected chi connectivity index (χ2v) is 3.72. The van der Waals surface area contributed by atoms with E-state index in [1.165, 1.54) is 25.7 Å². The maximum Gasteiger partial charge on any atom is 0.146 e. The molecule has 13 heavy (non-hydrogen) atoms. The van der Waals surface area contributed by atoms with Gasteiger partial charge in [0.2, 0.25) is 0 Å². The van der Waals surface area contributed by atoms with Gasteiger partial charge in [0, 0.05) is 13.1 Å². The number of aromatic nitrogens is 3. The average molecular weight is 180 g/mol. The maximum absolute atomic E-state index is 4.03. The van der Waals surface area contributed by atoms with Gasteiger partial charge in [-0.1, -0.05) is 12.8 Å². The Morgan fingerprint density at radius 2 is 2.31 bits per heavy atom. The van der Waals surface area contributed by atoms with Crippen molar-refractivity contribution in [3.05, 3.63) is 12.2 Å². The molecule has 1 N–H and O–H groups in total. The molecule has 0 spiro atoms. The van der Waals surface area contributed by atoms with Crippen molar-refractivity contribution in [2.45, 2.75) is 38.3 Å². The molecule has 1 aliphatic rings. The van der Waals surface area contributed by atoms with E-state index in [-0.39, 0.29) is 0 Å². The van der Waals surface area contributed by atoms with Gasteiger partial charge in [-0.05, 0) is 12.8 Å². The monoisotopic (exact) mass is 180 g/mol. The molecule has 72 valence electrons. The number of hydrogen-bond donors (Lipinski definition) is 1. The molecule has 0 aromatic carbocycles. The van der Waals surface area contributed by atoms with Crippen LogP contribution in [0.3, 0.4) is 0 Å². The lowest BCUT2D eigenvalue weighted by Crippen LogP contribution is -2.26. The molecule has 1 fully saturated rings. The second-order valence-electron chi connectivity index (χ2n) is 3.72. The molecule has 1 heterocycles. The van der Waals surface area contributed by atoms with Crippen molar-refractivity contribution in [1.82, 2.24) is 20.1 Å². The molecule has 1 aromatic rings. The van der Waals surface area contributed by atoms with Gasteiger partial charge in [0.25, 0.3) is 0 Å². The van der Waals surface area contributed by atoms with Crippen LogP contribution in [0.2, 0.25) is 0 Å². The Hall–Kier alpha value is -0.900. The first-order chi connectivity index (χ1) is 6.36. The SMILES string of the molecule is Cn1cnnc1CNC1CCCC1. The molecule has 0 unspecified atom stereocenters. The number of rotatable bonds is 3. The minimum Gasteiger partial charge on any atom is -0.320 e. The standard InChI is InChI=1S/C9H16N4/c1-13-7-11-12-9(13)6-10-8-4-2-3-5-8/h7-8,10H,2-6H2,1H3. The molecule has 1 aromatic heterocycles. The van der Waals surface area contributed by atoms with Crippen molar-refractivity contribution >= 4 is 0 Å². The molecule has 0 bridgehead atoms. The van der Waals surface area contributed by atoms with E-state index in [9.17, 15) is 0 Å². The summed E-state index contributed by atoms with van der Waals surface area (Å²) in [5.74, 6) is 1.02. The summed E-state index contributed by atoms with van der Waals surface area (Å²) in [6.07, 6.45) is 7.12. The Bertz CT molecular complexity index is 262. The molecule has 1 aliphatic carbocycles. The lowest BCUT2D eigenvalue weighted by atomic mass is 10.2. The van der Waals surface area contributed by atoms with Gasteiger partial charge >= 0.3 is 0 Å². The summed E-state index contributed by atoms with van der Waals surface area (Å²) < 4.78 is 1.96. The minimum absolute atomic E-state index is 0.705. The van der Waals surface area contributed by atoms with Crippen LogP contribution in [-0.4, -0.2) is 20.8 Å². The largest absolute Gasteiger partial charge is 0.320 e. The number of aryl methyl sites for hydroxylation is 1. The smallest absolute Gasteiger partial charge is 0.146 e. The predicted octanol–water partition coefficient (Wildman–Crippen LogP) is 0.847. The summed E-state index contributed by atoms with van der Waals surface area (Å²) >= 11 is 0. The summed E-state index contributed by atoms with van der Waals surface area (Å²) in [7, 11) is 1.98. The van der Waals surface area contributed by atoms with E-state index in [0.717, 1.165) is 12.4 Å². The fourth-order valence-electron chi connectivity index (χ4n) is 1.83. The van der Waals surface area contributed by atoms with Crippen LogP contribution in [0.15, 0.2) is 6.33 Å². The van der Waals surface area contributed by atoms with Gasteiger partial charge in [-0.3, -0.25) is 0 Å². The fraction of sp³-hybridized carbons (Fsp3) is 0.778. The van der Waals surface area contributed by atoms with Crippen LogP contribution in [0.25, 0.3) is 0 Å². The minimum atomic E-state index is 0.705. The Labute approximate surface area is 78.4 Å². The number of nitrogens with one attached hydrogen (secondary N) is 1. The molecule has 2 rings (SSSR count). The van der Waals surface area contributed by atoms with Crippen LogP contribution in [0.1, 0.15) is 31.5 Å². The van der Waals surface area contributed by atoms with Gasteiger partial charge in [-0.15, -0.1) is 10.2 Å². The van der Waals surface area contributed by atoms with Gasteiger partial charge in [0.1, 0.15) is 12.2 Å². The van der Waals surface area contributed by atoms with Crippen molar-refractivity contribution in [3.8, 4) is 0 Å². The first-order valence-electron chi connectivity index (χ1n) is 4.92. The summed E-state index contributed by atoms with van der Waals surface area (Å²) in [5.41, 5.74) is 0. The highest BCUT2D eigenvalue weighted by Gasteiger charge is 2.14. The maximum atomic E-state index is 4.03. The van der Waals surface area contributed by atoms with E-state index in [1.54, 1.807) is 6.33 Å². The molecule has 4 nitrogen and oxygen atoms in total. The first-order valence-corrected chi connectivity index (χ1v) is 4.92. The predicted molar refractivity (Wildman–Crippen MR) is 50.1 cm³/mol. The molecule has 0 amide bonds. The molecule has 0 saturated heterocycles. The third-order valence-electron chi connectivity index (χ3n) is 2.71. The van der Waals surface area contributed by atoms with Gasteiger partial charge in [-0.2, -0.15) is 0 Å². The van der Waals surface area contributed by atoms with Gasteiger partial charge < -0.3 is 9.88 Å². The van der Waals surface area contributed by atoms with E-state index in [0.29, 0.717) is 6.04 Å². The van der Waals surface area contributed by atoms with E-state index >= 15 is 0 Å². The Morgan fingerprint density at radius 3 is 2.92 bits per heavy atom. The molecule has 0 atom stereocenters. The van der Waals surface area contributed by atoms with Crippen LogP contribution in [0, 0.1) is 0 Å². The quantitative estimate of drug-likeness (QED) is 0.749. The van der Waals surface area contributed by atoms with Gasteiger partial charge in [0.05, 0.1) is 6.54 Å². The zero-order valence-corrected chi connectivity index (χ0v) is 8.03. The topological polar surface area (TPSA) is 42.7 Å². The highest BCUT2D eigenvalue weighted by molar-refractivity contribution is 4.85. The van der Waals surface area contributed by atoms with E-state index in [2.05, 4.69) is 15.5 Å².